The number of aliphatic imine (C=N–C) groups is 1. The minimum Gasteiger partial charge on any atom is -0.394 e. The van der Waals surface area contributed by atoms with Crippen LogP contribution < -0.4 is 11.3 Å². The fraction of sp³-hybridized carbons (Fsp3) is 0.273. The average molecular weight is 223 g/mol. The van der Waals surface area contributed by atoms with Gasteiger partial charge in [-0.15, -0.1) is 0 Å². The van der Waals surface area contributed by atoms with Gasteiger partial charge in [-0.2, -0.15) is 0 Å². The summed E-state index contributed by atoms with van der Waals surface area (Å²) in [5.41, 5.74) is 5.05. The molecule has 0 fully saturated rings. The van der Waals surface area contributed by atoms with Crippen LogP contribution in [0.2, 0.25) is 0 Å². The molecule has 1 heterocycles. The van der Waals surface area contributed by atoms with Gasteiger partial charge in [0.15, 0.2) is 11.7 Å². The Morgan fingerprint density at radius 3 is 2.94 bits per heavy atom. The zero-order valence-electron chi connectivity index (χ0n) is 9.27. The Morgan fingerprint density at radius 2 is 2.38 bits per heavy atom. The molecule has 0 bridgehead atoms. The standard InChI is InChI=1S/C11H14FN3O/c1-3-5-8(12)10(14-2)15-7-4-6-9(13)11(15)16/h4-7H,3,13H2,1-2H3/b8-5+,14-10?. The Hall–Kier alpha value is -1.91. The molecule has 5 heteroatoms. The molecule has 0 saturated heterocycles. The highest BCUT2D eigenvalue weighted by Crippen LogP contribution is 2.04. The summed E-state index contributed by atoms with van der Waals surface area (Å²) in [6, 6.07) is 3.04. The van der Waals surface area contributed by atoms with E-state index in [2.05, 4.69) is 4.99 Å². The molecule has 4 nitrogen and oxygen atoms in total. The number of halogens is 1. The molecule has 16 heavy (non-hydrogen) atoms. The number of pyridine rings is 1. The van der Waals surface area contributed by atoms with E-state index < -0.39 is 11.4 Å². The zero-order valence-corrected chi connectivity index (χ0v) is 9.27. The number of allylic oxidation sites excluding steroid dienone is 2. The van der Waals surface area contributed by atoms with E-state index in [4.69, 9.17) is 5.73 Å². The van der Waals surface area contributed by atoms with E-state index in [1.54, 1.807) is 13.0 Å². The zero-order chi connectivity index (χ0) is 12.1. The quantitative estimate of drug-likeness (QED) is 0.611. The number of nitrogens with zero attached hydrogens (tertiary/aromatic N) is 2. The van der Waals surface area contributed by atoms with Crippen LogP contribution >= 0.6 is 0 Å². The maximum absolute atomic E-state index is 13.6. The van der Waals surface area contributed by atoms with Crippen molar-refractivity contribution in [2.75, 3.05) is 12.8 Å². The van der Waals surface area contributed by atoms with Crippen molar-refractivity contribution in [1.29, 1.82) is 0 Å². The first kappa shape index (κ1) is 12.2. The number of anilines is 1. The first-order valence-electron chi connectivity index (χ1n) is 4.92. The van der Waals surface area contributed by atoms with Gasteiger partial charge in [-0.05, 0) is 24.6 Å². The molecule has 0 amide bonds. The summed E-state index contributed by atoms with van der Waals surface area (Å²) in [5, 5.41) is 0. The van der Waals surface area contributed by atoms with Crippen LogP contribution in [0.25, 0.3) is 0 Å². The molecule has 0 aromatic carbocycles. The van der Waals surface area contributed by atoms with Gasteiger partial charge >= 0.3 is 0 Å². The fourth-order valence-electron chi connectivity index (χ4n) is 1.28. The maximum Gasteiger partial charge on any atom is 0.279 e. The summed E-state index contributed by atoms with van der Waals surface area (Å²) in [5.74, 6) is -0.558. The Bertz CT molecular complexity index is 488. The molecule has 0 aliphatic rings. The molecular formula is C11H14FN3O. The lowest BCUT2D eigenvalue weighted by Gasteiger charge is -2.07. The Kier molecular flexibility index (Phi) is 3.99. The van der Waals surface area contributed by atoms with E-state index in [0.29, 0.717) is 6.42 Å². The molecule has 0 aliphatic carbocycles. The minimum absolute atomic E-state index is 0.0286. The maximum atomic E-state index is 13.6. The number of aromatic nitrogens is 1. The van der Waals surface area contributed by atoms with Crippen LogP contribution in [-0.2, 0) is 0 Å². The van der Waals surface area contributed by atoms with Crippen molar-refractivity contribution < 1.29 is 4.39 Å². The number of nitrogen functional groups attached to an aromatic ring is 1. The molecule has 86 valence electrons. The van der Waals surface area contributed by atoms with E-state index >= 15 is 0 Å². The predicted molar refractivity (Wildman–Crippen MR) is 63.4 cm³/mol. The molecule has 0 spiro atoms. The molecule has 0 saturated carbocycles. The summed E-state index contributed by atoms with van der Waals surface area (Å²) in [7, 11) is 1.42. The highest BCUT2D eigenvalue weighted by molar-refractivity contribution is 5.98. The molecular weight excluding hydrogens is 209 g/mol. The highest BCUT2D eigenvalue weighted by Gasteiger charge is 2.10. The molecule has 0 aliphatic heterocycles. The van der Waals surface area contributed by atoms with Crippen molar-refractivity contribution in [3.05, 3.63) is 40.6 Å². The van der Waals surface area contributed by atoms with E-state index in [-0.39, 0.29) is 11.5 Å². The third-order valence-electron chi connectivity index (χ3n) is 2.01. The van der Waals surface area contributed by atoms with Gasteiger partial charge in [0.25, 0.3) is 5.56 Å². The van der Waals surface area contributed by atoms with Gasteiger partial charge in [-0.3, -0.25) is 14.4 Å². The second-order valence-corrected chi connectivity index (χ2v) is 3.15. The number of hydrogen-bond donors (Lipinski definition) is 1. The van der Waals surface area contributed by atoms with Gasteiger partial charge < -0.3 is 5.73 Å². The van der Waals surface area contributed by atoms with Crippen LogP contribution in [0.1, 0.15) is 13.3 Å². The molecule has 0 unspecified atom stereocenters. The number of nitrogens with two attached hydrogens (primary N) is 1. The van der Waals surface area contributed by atoms with Gasteiger partial charge in [-0.25, -0.2) is 4.39 Å². The van der Waals surface area contributed by atoms with Crippen LogP contribution in [0.4, 0.5) is 10.1 Å². The molecule has 1 aromatic heterocycles. The van der Waals surface area contributed by atoms with Crippen molar-refractivity contribution in [3.63, 3.8) is 0 Å². The molecule has 0 atom stereocenters. The summed E-state index contributed by atoms with van der Waals surface area (Å²) in [6.45, 7) is 1.80. The van der Waals surface area contributed by atoms with Crippen molar-refractivity contribution in [1.82, 2.24) is 4.57 Å². The van der Waals surface area contributed by atoms with Crippen molar-refractivity contribution in [2.45, 2.75) is 13.3 Å². The Morgan fingerprint density at radius 1 is 1.69 bits per heavy atom. The summed E-state index contributed by atoms with van der Waals surface area (Å²) in [4.78, 5) is 15.4. The van der Waals surface area contributed by atoms with Crippen molar-refractivity contribution >= 4 is 11.5 Å². The van der Waals surface area contributed by atoms with E-state index in [0.717, 1.165) is 4.57 Å². The third kappa shape index (κ3) is 2.36. The Labute approximate surface area is 92.9 Å². The van der Waals surface area contributed by atoms with Crippen molar-refractivity contribution in [2.24, 2.45) is 4.99 Å². The largest absolute Gasteiger partial charge is 0.394 e. The Balaban J connectivity index is 3.32. The van der Waals surface area contributed by atoms with Crippen molar-refractivity contribution in [3.8, 4) is 0 Å². The van der Waals surface area contributed by atoms with Crippen LogP contribution in [0.15, 0.2) is 40.0 Å². The van der Waals surface area contributed by atoms with Gasteiger partial charge in [0.1, 0.15) is 0 Å². The summed E-state index contributed by atoms with van der Waals surface area (Å²) < 4.78 is 14.7. The third-order valence-corrected chi connectivity index (χ3v) is 2.01. The van der Waals surface area contributed by atoms with Crippen LogP contribution in [0.3, 0.4) is 0 Å². The summed E-state index contributed by atoms with van der Waals surface area (Å²) >= 11 is 0. The van der Waals surface area contributed by atoms with Gasteiger partial charge in [0, 0.05) is 13.2 Å². The van der Waals surface area contributed by atoms with E-state index in [1.165, 1.54) is 25.4 Å². The van der Waals surface area contributed by atoms with Gasteiger partial charge in [0.05, 0.1) is 5.69 Å². The minimum atomic E-state index is -0.530. The average Bonchev–Trinajstić information content (AvgIpc) is 2.25. The summed E-state index contributed by atoms with van der Waals surface area (Å²) in [6.07, 6.45) is 3.32. The number of rotatable bonds is 2. The predicted octanol–water partition coefficient (Wildman–Crippen LogP) is 1.57. The van der Waals surface area contributed by atoms with E-state index in [1.807, 2.05) is 0 Å². The monoisotopic (exact) mass is 223 g/mol. The highest BCUT2D eigenvalue weighted by atomic mass is 19.1. The molecule has 0 radical (unpaired) electrons. The normalized spacial score (nSPS) is 12.9. The lowest BCUT2D eigenvalue weighted by Crippen LogP contribution is -2.28. The van der Waals surface area contributed by atoms with E-state index in [9.17, 15) is 9.18 Å². The number of hydrogen-bond acceptors (Lipinski definition) is 3. The lowest BCUT2D eigenvalue weighted by molar-refractivity contribution is 0.666. The van der Waals surface area contributed by atoms with Crippen LogP contribution in [-0.4, -0.2) is 17.5 Å². The lowest BCUT2D eigenvalue weighted by atomic mass is 10.3. The second kappa shape index (κ2) is 5.25. The first-order valence-corrected chi connectivity index (χ1v) is 4.92. The molecule has 2 N–H and O–H groups in total. The van der Waals surface area contributed by atoms with Gasteiger partial charge in [0.2, 0.25) is 0 Å². The fourth-order valence-corrected chi connectivity index (χ4v) is 1.28. The molecule has 1 aromatic rings. The second-order valence-electron chi connectivity index (χ2n) is 3.15. The SMILES string of the molecule is CC/C=C(/F)C(=NC)n1cccc(N)c1=O. The van der Waals surface area contributed by atoms with Gasteiger partial charge in [-0.1, -0.05) is 6.92 Å². The van der Waals surface area contributed by atoms with Crippen LogP contribution in [0.5, 0.6) is 0 Å². The van der Waals surface area contributed by atoms with Crippen LogP contribution in [0, 0.1) is 0 Å². The first-order chi connectivity index (χ1) is 7.61. The molecule has 1 rings (SSSR count). The smallest absolute Gasteiger partial charge is 0.279 e. The topological polar surface area (TPSA) is 60.4 Å².